The van der Waals surface area contributed by atoms with Crippen LogP contribution in [0.15, 0.2) is 0 Å². The predicted octanol–water partition coefficient (Wildman–Crippen LogP) is 0.492. The van der Waals surface area contributed by atoms with E-state index in [0.29, 0.717) is 19.8 Å². The average molecular weight is 219 g/mol. The molecule has 1 unspecified atom stereocenters. The Morgan fingerprint density at radius 1 is 1.47 bits per heavy atom. The largest absolute Gasteiger partial charge is 0.480 e. The maximum absolute atomic E-state index is 11.0. The number of rotatable bonds is 9. The summed E-state index contributed by atoms with van der Waals surface area (Å²) in [7, 11) is 1.58. The SMILES string of the molecule is CCCNC(C)(COCCOC)C(=O)O. The van der Waals surface area contributed by atoms with E-state index in [9.17, 15) is 4.79 Å². The quantitative estimate of drug-likeness (QED) is 0.552. The Morgan fingerprint density at radius 2 is 2.13 bits per heavy atom. The lowest BCUT2D eigenvalue weighted by Gasteiger charge is -2.25. The lowest BCUT2D eigenvalue weighted by atomic mass is 10.0. The number of carbonyl (C=O) groups is 1. The normalized spacial score (nSPS) is 14.9. The number of ether oxygens (including phenoxy) is 2. The van der Waals surface area contributed by atoms with Gasteiger partial charge in [-0.25, -0.2) is 0 Å². The number of hydrogen-bond donors (Lipinski definition) is 2. The van der Waals surface area contributed by atoms with Gasteiger partial charge in [-0.3, -0.25) is 4.79 Å². The lowest BCUT2D eigenvalue weighted by Crippen LogP contribution is -2.53. The van der Waals surface area contributed by atoms with E-state index in [2.05, 4.69) is 5.32 Å². The third kappa shape index (κ3) is 5.71. The third-order valence-corrected chi connectivity index (χ3v) is 2.06. The van der Waals surface area contributed by atoms with E-state index in [1.165, 1.54) is 0 Å². The first kappa shape index (κ1) is 14.3. The maximum atomic E-state index is 11.0. The van der Waals surface area contributed by atoms with E-state index in [-0.39, 0.29) is 6.61 Å². The molecule has 0 aromatic carbocycles. The third-order valence-electron chi connectivity index (χ3n) is 2.06. The number of carboxylic acids is 1. The van der Waals surface area contributed by atoms with Crippen molar-refractivity contribution in [1.29, 1.82) is 0 Å². The van der Waals surface area contributed by atoms with Gasteiger partial charge >= 0.3 is 5.97 Å². The highest BCUT2D eigenvalue weighted by atomic mass is 16.5. The second kappa shape index (κ2) is 7.62. The molecule has 0 heterocycles. The number of carboxylic acid groups (broad SMARTS) is 1. The Hall–Kier alpha value is -0.650. The van der Waals surface area contributed by atoms with Crippen LogP contribution in [0.5, 0.6) is 0 Å². The molecule has 90 valence electrons. The van der Waals surface area contributed by atoms with Gasteiger partial charge in [0.05, 0.1) is 19.8 Å². The van der Waals surface area contributed by atoms with Crippen LogP contribution in [0.25, 0.3) is 0 Å². The summed E-state index contributed by atoms with van der Waals surface area (Å²) < 4.78 is 10.0. The van der Waals surface area contributed by atoms with Crippen molar-refractivity contribution in [3.63, 3.8) is 0 Å². The second-order valence-electron chi connectivity index (χ2n) is 3.61. The molecular formula is C10H21NO4. The maximum Gasteiger partial charge on any atom is 0.326 e. The van der Waals surface area contributed by atoms with Crippen molar-refractivity contribution in [3.8, 4) is 0 Å². The lowest BCUT2D eigenvalue weighted by molar-refractivity contribution is -0.147. The minimum absolute atomic E-state index is 0.145. The summed E-state index contributed by atoms with van der Waals surface area (Å²) in [4.78, 5) is 11.0. The Labute approximate surface area is 90.8 Å². The molecule has 15 heavy (non-hydrogen) atoms. The smallest absolute Gasteiger partial charge is 0.326 e. The summed E-state index contributed by atoms with van der Waals surface area (Å²) in [6.07, 6.45) is 0.890. The minimum Gasteiger partial charge on any atom is -0.480 e. The first-order valence-electron chi connectivity index (χ1n) is 5.12. The molecular weight excluding hydrogens is 198 g/mol. The van der Waals surface area contributed by atoms with E-state index in [1.807, 2.05) is 6.92 Å². The number of hydrogen-bond acceptors (Lipinski definition) is 4. The molecule has 2 N–H and O–H groups in total. The first-order valence-corrected chi connectivity index (χ1v) is 5.12. The van der Waals surface area contributed by atoms with Gasteiger partial charge in [0.25, 0.3) is 0 Å². The topological polar surface area (TPSA) is 67.8 Å². The predicted molar refractivity (Wildman–Crippen MR) is 57.0 cm³/mol. The van der Waals surface area contributed by atoms with Crippen LogP contribution in [0.2, 0.25) is 0 Å². The van der Waals surface area contributed by atoms with E-state index in [1.54, 1.807) is 14.0 Å². The van der Waals surface area contributed by atoms with Crippen LogP contribution >= 0.6 is 0 Å². The standard InChI is InChI=1S/C10H21NO4/c1-4-5-11-10(2,9(12)13)8-15-7-6-14-3/h11H,4-8H2,1-3H3,(H,12,13). The van der Waals surface area contributed by atoms with Gasteiger partial charge in [-0.05, 0) is 19.9 Å². The molecule has 0 bridgehead atoms. The van der Waals surface area contributed by atoms with E-state index < -0.39 is 11.5 Å². The molecule has 1 atom stereocenters. The summed E-state index contributed by atoms with van der Waals surface area (Å²) >= 11 is 0. The summed E-state index contributed by atoms with van der Waals surface area (Å²) in [6.45, 7) is 5.30. The van der Waals surface area contributed by atoms with Gasteiger partial charge in [0, 0.05) is 7.11 Å². The van der Waals surface area contributed by atoms with Crippen molar-refractivity contribution in [2.45, 2.75) is 25.8 Å². The Kier molecular flexibility index (Phi) is 7.29. The van der Waals surface area contributed by atoms with Gasteiger partial charge in [0.15, 0.2) is 0 Å². The minimum atomic E-state index is -1.01. The zero-order valence-corrected chi connectivity index (χ0v) is 9.71. The molecule has 0 amide bonds. The fourth-order valence-corrected chi connectivity index (χ4v) is 1.01. The Balaban J connectivity index is 3.96. The Bertz CT molecular complexity index is 186. The fraction of sp³-hybridized carbons (Fsp3) is 0.900. The van der Waals surface area contributed by atoms with Gasteiger partial charge in [0.1, 0.15) is 5.54 Å². The summed E-state index contributed by atoms with van der Waals surface area (Å²) in [6, 6.07) is 0. The van der Waals surface area contributed by atoms with Crippen molar-refractivity contribution < 1.29 is 19.4 Å². The number of methoxy groups -OCH3 is 1. The van der Waals surface area contributed by atoms with Crippen molar-refractivity contribution in [2.24, 2.45) is 0 Å². The van der Waals surface area contributed by atoms with Crippen molar-refractivity contribution in [1.82, 2.24) is 5.32 Å². The number of aliphatic carboxylic acids is 1. The molecule has 5 nitrogen and oxygen atoms in total. The van der Waals surface area contributed by atoms with Gasteiger partial charge < -0.3 is 19.9 Å². The first-order chi connectivity index (χ1) is 7.06. The summed E-state index contributed by atoms with van der Waals surface area (Å²) in [5.74, 6) is -0.895. The number of nitrogens with one attached hydrogen (secondary N) is 1. The molecule has 0 aliphatic heterocycles. The molecule has 0 saturated heterocycles. The van der Waals surface area contributed by atoms with Crippen LogP contribution in [-0.2, 0) is 14.3 Å². The molecule has 0 spiro atoms. The van der Waals surface area contributed by atoms with Crippen LogP contribution in [0, 0.1) is 0 Å². The molecule has 0 radical (unpaired) electrons. The molecule has 0 fully saturated rings. The monoisotopic (exact) mass is 219 g/mol. The van der Waals surface area contributed by atoms with E-state index >= 15 is 0 Å². The van der Waals surface area contributed by atoms with Crippen molar-refractivity contribution in [2.75, 3.05) is 33.5 Å². The van der Waals surface area contributed by atoms with E-state index in [0.717, 1.165) is 6.42 Å². The molecule has 0 aliphatic rings. The average Bonchev–Trinajstić information content (AvgIpc) is 2.21. The van der Waals surface area contributed by atoms with Gasteiger partial charge in [-0.1, -0.05) is 6.92 Å². The van der Waals surface area contributed by atoms with Gasteiger partial charge in [0.2, 0.25) is 0 Å². The van der Waals surface area contributed by atoms with Crippen molar-refractivity contribution >= 4 is 5.97 Å². The highest BCUT2D eigenvalue weighted by Gasteiger charge is 2.32. The van der Waals surface area contributed by atoms with E-state index in [4.69, 9.17) is 14.6 Å². The van der Waals surface area contributed by atoms with Crippen LogP contribution in [-0.4, -0.2) is 50.1 Å². The summed E-state index contributed by atoms with van der Waals surface area (Å²) in [5.41, 5.74) is -1.01. The highest BCUT2D eigenvalue weighted by Crippen LogP contribution is 2.05. The van der Waals surface area contributed by atoms with Crippen LogP contribution < -0.4 is 5.32 Å². The van der Waals surface area contributed by atoms with Gasteiger partial charge in [-0.2, -0.15) is 0 Å². The zero-order chi connectivity index (χ0) is 11.7. The van der Waals surface area contributed by atoms with Crippen molar-refractivity contribution in [3.05, 3.63) is 0 Å². The molecule has 0 rings (SSSR count). The van der Waals surface area contributed by atoms with Gasteiger partial charge in [-0.15, -0.1) is 0 Å². The van der Waals surface area contributed by atoms with Crippen LogP contribution in [0.4, 0.5) is 0 Å². The highest BCUT2D eigenvalue weighted by molar-refractivity contribution is 5.78. The van der Waals surface area contributed by atoms with Crippen LogP contribution in [0.3, 0.4) is 0 Å². The summed E-state index contributed by atoms with van der Waals surface area (Å²) in [5, 5.41) is 12.0. The molecule has 0 aliphatic carbocycles. The molecule has 0 saturated carbocycles. The zero-order valence-electron chi connectivity index (χ0n) is 9.71. The Morgan fingerprint density at radius 3 is 2.60 bits per heavy atom. The molecule has 5 heteroatoms. The molecule has 0 aromatic heterocycles. The fourth-order valence-electron chi connectivity index (χ4n) is 1.01. The molecule has 0 aromatic rings. The second-order valence-corrected chi connectivity index (χ2v) is 3.61. The van der Waals surface area contributed by atoms with Crippen LogP contribution in [0.1, 0.15) is 20.3 Å².